The van der Waals surface area contributed by atoms with Gasteiger partial charge in [0.1, 0.15) is 6.61 Å². The number of alkyl halides is 3. The summed E-state index contributed by atoms with van der Waals surface area (Å²) in [5, 5.41) is 2.27. The zero-order valence-corrected chi connectivity index (χ0v) is 12.6. The van der Waals surface area contributed by atoms with Crippen molar-refractivity contribution in [1.82, 2.24) is 0 Å². The van der Waals surface area contributed by atoms with Crippen LogP contribution in [-0.2, 0) is 20.5 Å². The van der Waals surface area contributed by atoms with Gasteiger partial charge in [-0.05, 0) is 18.2 Å². The molecule has 1 saturated heterocycles. The smallest absolute Gasteiger partial charge is 0.370 e. The number of amides is 2. The molecule has 1 aliphatic rings. The molecule has 24 heavy (non-hydrogen) atoms. The molecule has 1 atom stereocenters. The lowest BCUT2D eigenvalue weighted by Crippen LogP contribution is -2.43. The first kappa shape index (κ1) is 18.2. The lowest BCUT2D eigenvalue weighted by Gasteiger charge is -2.29. The van der Waals surface area contributed by atoms with E-state index in [1.165, 1.54) is 6.07 Å². The average Bonchev–Trinajstić information content (AvgIpc) is 2.54. The Balaban J connectivity index is 2.36. The third-order valence-corrected chi connectivity index (χ3v) is 3.44. The van der Waals surface area contributed by atoms with Crippen molar-refractivity contribution >= 4 is 23.2 Å². The van der Waals surface area contributed by atoms with Gasteiger partial charge >= 0.3 is 6.18 Å². The Morgan fingerprint density at radius 3 is 2.71 bits per heavy atom. The molecule has 0 saturated carbocycles. The normalized spacial score (nSPS) is 16.9. The minimum absolute atomic E-state index is 0.0195. The monoisotopic (exact) mass is 346 g/mol. The van der Waals surface area contributed by atoms with Crippen molar-refractivity contribution in [1.29, 1.82) is 0 Å². The molecule has 0 spiro atoms. The van der Waals surface area contributed by atoms with Gasteiger partial charge in [-0.3, -0.25) is 9.59 Å². The van der Waals surface area contributed by atoms with Crippen LogP contribution in [0.3, 0.4) is 0 Å². The van der Waals surface area contributed by atoms with Gasteiger partial charge in [0.25, 0.3) is 5.91 Å². The maximum absolute atomic E-state index is 13.3. The Kier molecular flexibility index (Phi) is 5.42. The van der Waals surface area contributed by atoms with Crippen LogP contribution in [0.15, 0.2) is 18.2 Å². The highest BCUT2D eigenvalue weighted by Crippen LogP contribution is 2.38. The van der Waals surface area contributed by atoms with Crippen LogP contribution in [0, 0.1) is 0 Å². The van der Waals surface area contributed by atoms with Crippen molar-refractivity contribution in [2.24, 2.45) is 11.5 Å². The molecule has 0 unspecified atom stereocenters. The molecular formula is C14H17F3N4O3. The molecule has 1 heterocycles. The number of benzene rings is 1. The van der Waals surface area contributed by atoms with Crippen LogP contribution in [0.4, 0.5) is 24.5 Å². The second-order valence-electron chi connectivity index (χ2n) is 5.16. The van der Waals surface area contributed by atoms with Gasteiger partial charge in [0.2, 0.25) is 5.91 Å². The van der Waals surface area contributed by atoms with Crippen molar-refractivity contribution in [2.75, 3.05) is 36.5 Å². The molecule has 1 aliphatic heterocycles. The van der Waals surface area contributed by atoms with E-state index in [0.29, 0.717) is 0 Å². The number of nitrogens with two attached hydrogens (primary N) is 2. The lowest BCUT2D eigenvalue weighted by molar-refractivity contribution is -0.137. The second-order valence-corrected chi connectivity index (χ2v) is 5.16. The van der Waals surface area contributed by atoms with E-state index in [9.17, 15) is 22.8 Å². The number of halogens is 3. The predicted octanol–water partition coefficient (Wildman–Crippen LogP) is 0.293. The number of carbonyl (C=O) groups is 2. The molecule has 1 fully saturated rings. The third kappa shape index (κ3) is 4.02. The number of carbonyl (C=O) groups excluding carboxylic acids is 2. The summed E-state index contributed by atoms with van der Waals surface area (Å²) in [4.78, 5) is 24.5. The van der Waals surface area contributed by atoms with Crippen LogP contribution in [0.5, 0.6) is 0 Å². The Morgan fingerprint density at radius 2 is 2.12 bits per heavy atom. The number of rotatable bonds is 4. The minimum atomic E-state index is -4.70. The van der Waals surface area contributed by atoms with Crippen LogP contribution in [0.25, 0.3) is 0 Å². The fourth-order valence-electron chi connectivity index (χ4n) is 2.19. The fourth-order valence-corrected chi connectivity index (χ4v) is 2.19. The first-order chi connectivity index (χ1) is 11.2. The number of hydrogen-bond donors (Lipinski definition) is 3. The zero-order chi connectivity index (χ0) is 17.9. The summed E-state index contributed by atoms with van der Waals surface area (Å²) in [6.07, 6.45) is -4.70. The molecule has 0 aromatic heterocycles. The van der Waals surface area contributed by atoms with Crippen LogP contribution < -0.4 is 21.7 Å². The maximum Gasteiger partial charge on any atom is 0.418 e. The molecule has 2 amide bonds. The van der Waals surface area contributed by atoms with Crippen molar-refractivity contribution in [3.05, 3.63) is 23.8 Å². The van der Waals surface area contributed by atoms with Crippen LogP contribution in [0.1, 0.15) is 5.56 Å². The summed E-state index contributed by atoms with van der Waals surface area (Å²) in [6, 6.07) is 2.14. The highest BCUT2D eigenvalue weighted by Gasteiger charge is 2.37. The summed E-state index contributed by atoms with van der Waals surface area (Å²) in [5.74, 6) is -1.26. The van der Waals surface area contributed by atoms with Crippen molar-refractivity contribution in [3.63, 3.8) is 0 Å². The largest absolute Gasteiger partial charge is 0.418 e. The summed E-state index contributed by atoms with van der Waals surface area (Å²) in [6.45, 7) is -0.252. The highest BCUT2D eigenvalue weighted by atomic mass is 19.4. The third-order valence-electron chi connectivity index (χ3n) is 3.44. The van der Waals surface area contributed by atoms with Gasteiger partial charge in [-0.25, -0.2) is 0 Å². The number of ether oxygens (including phenoxy) is 1. The molecule has 132 valence electrons. The van der Waals surface area contributed by atoms with E-state index in [4.69, 9.17) is 16.2 Å². The van der Waals surface area contributed by atoms with Gasteiger partial charge in [0.05, 0.1) is 23.9 Å². The molecular weight excluding hydrogens is 329 g/mol. The van der Waals surface area contributed by atoms with E-state index < -0.39 is 29.6 Å². The topological polar surface area (TPSA) is 111 Å². The molecule has 10 heteroatoms. The SMILES string of the molecule is NC[C@H](N)C(=O)Nc1ccc(N2CCOCC2=O)c(C(F)(F)F)c1. The number of nitrogens with zero attached hydrogens (tertiary/aromatic N) is 1. The quantitative estimate of drug-likeness (QED) is 0.726. The maximum atomic E-state index is 13.3. The Morgan fingerprint density at radius 1 is 1.42 bits per heavy atom. The van der Waals surface area contributed by atoms with Crippen molar-refractivity contribution in [2.45, 2.75) is 12.2 Å². The molecule has 0 radical (unpaired) electrons. The Labute approximate surface area is 135 Å². The van der Waals surface area contributed by atoms with E-state index in [2.05, 4.69) is 5.32 Å². The number of anilines is 2. The fraction of sp³-hybridized carbons (Fsp3) is 0.429. The second kappa shape index (κ2) is 7.16. The van der Waals surface area contributed by atoms with E-state index >= 15 is 0 Å². The summed E-state index contributed by atoms with van der Waals surface area (Å²) in [7, 11) is 0. The molecule has 0 aliphatic carbocycles. The molecule has 5 N–H and O–H groups in total. The minimum Gasteiger partial charge on any atom is -0.370 e. The van der Waals surface area contributed by atoms with Gasteiger partial charge in [-0.15, -0.1) is 0 Å². The van der Waals surface area contributed by atoms with Crippen molar-refractivity contribution in [3.8, 4) is 0 Å². The predicted molar refractivity (Wildman–Crippen MR) is 80.3 cm³/mol. The molecule has 2 rings (SSSR count). The number of morpholine rings is 1. The van der Waals surface area contributed by atoms with Gasteiger partial charge in [0, 0.05) is 18.8 Å². The summed E-state index contributed by atoms with van der Waals surface area (Å²) >= 11 is 0. The van der Waals surface area contributed by atoms with E-state index in [1.54, 1.807) is 0 Å². The van der Waals surface area contributed by atoms with Crippen LogP contribution in [0.2, 0.25) is 0 Å². The van der Waals surface area contributed by atoms with Crippen molar-refractivity contribution < 1.29 is 27.5 Å². The summed E-state index contributed by atoms with van der Waals surface area (Å²) in [5.41, 5.74) is 9.27. The molecule has 1 aromatic rings. The highest BCUT2D eigenvalue weighted by molar-refractivity contribution is 5.97. The van der Waals surface area contributed by atoms with Crippen LogP contribution >= 0.6 is 0 Å². The van der Waals surface area contributed by atoms with Crippen LogP contribution in [-0.4, -0.2) is 44.2 Å². The lowest BCUT2D eigenvalue weighted by atomic mass is 10.1. The first-order valence-electron chi connectivity index (χ1n) is 7.10. The van der Waals surface area contributed by atoms with Gasteiger partial charge < -0.3 is 26.4 Å². The Hall–Kier alpha value is -2.17. The van der Waals surface area contributed by atoms with E-state index in [0.717, 1.165) is 17.0 Å². The number of hydrogen-bond acceptors (Lipinski definition) is 5. The van der Waals surface area contributed by atoms with E-state index in [-0.39, 0.29) is 37.7 Å². The van der Waals surface area contributed by atoms with E-state index in [1.807, 2.05) is 0 Å². The first-order valence-corrected chi connectivity index (χ1v) is 7.10. The van der Waals surface area contributed by atoms with Gasteiger partial charge in [0.15, 0.2) is 0 Å². The van der Waals surface area contributed by atoms with Gasteiger partial charge in [-0.1, -0.05) is 0 Å². The Bertz CT molecular complexity index is 636. The van der Waals surface area contributed by atoms with Gasteiger partial charge in [-0.2, -0.15) is 13.2 Å². The molecule has 0 bridgehead atoms. The zero-order valence-electron chi connectivity index (χ0n) is 12.6. The number of nitrogens with one attached hydrogen (secondary N) is 1. The summed E-state index contributed by atoms with van der Waals surface area (Å²) < 4.78 is 45.0. The average molecular weight is 346 g/mol. The molecule has 1 aromatic carbocycles. The standard InChI is InChI=1S/C14H17F3N4O3/c15-14(16,17)9-5-8(20-13(23)10(19)6-18)1-2-11(9)21-3-4-24-7-12(21)22/h1-2,5,10H,3-4,6-7,18-19H2,(H,20,23)/t10-/m0/s1. The molecule has 7 nitrogen and oxygen atoms in total.